The summed E-state index contributed by atoms with van der Waals surface area (Å²) in [4.78, 5) is 17.7. The molecular formula is C17H17BrClN7. The van der Waals surface area contributed by atoms with Crippen LogP contribution in [0.2, 0.25) is 5.02 Å². The Kier molecular flexibility index (Phi) is 4.78. The fraction of sp³-hybridized carbons (Fsp3) is 0.294. The second-order valence-electron chi connectivity index (χ2n) is 6.07. The van der Waals surface area contributed by atoms with E-state index in [0.29, 0.717) is 5.02 Å². The summed E-state index contributed by atoms with van der Waals surface area (Å²) >= 11 is 9.53. The lowest BCUT2D eigenvalue weighted by Crippen LogP contribution is -2.47. The number of piperazine rings is 1. The first-order valence-corrected chi connectivity index (χ1v) is 9.43. The second kappa shape index (κ2) is 7.20. The predicted molar refractivity (Wildman–Crippen MR) is 105 cm³/mol. The van der Waals surface area contributed by atoms with Crippen molar-refractivity contribution in [2.75, 3.05) is 36.0 Å². The highest BCUT2D eigenvalue weighted by molar-refractivity contribution is 9.10. The van der Waals surface area contributed by atoms with E-state index in [1.165, 1.54) is 0 Å². The third-order valence-electron chi connectivity index (χ3n) is 4.29. The van der Waals surface area contributed by atoms with E-state index in [4.69, 9.17) is 11.6 Å². The molecule has 26 heavy (non-hydrogen) atoms. The van der Waals surface area contributed by atoms with Crippen LogP contribution in [0.1, 0.15) is 5.69 Å². The first kappa shape index (κ1) is 17.2. The van der Waals surface area contributed by atoms with Crippen molar-refractivity contribution in [2.45, 2.75) is 6.92 Å². The highest BCUT2D eigenvalue weighted by Crippen LogP contribution is 2.28. The van der Waals surface area contributed by atoms with Gasteiger partial charge in [-0.05, 0) is 35.0 Å². The smallest absolute Gasteiger partial charge is 0.158 e. The molecule has 7 nitrogen and oxygen atoms in total. The van der Waals surface area contributed by atoms with Crippen LogP contribution in [0.15, 0.2) is 41.4 Å². The van der Waals surface area contributed by atoms with Crippen LogP contribution in [0.4, 0.5) is 11.6 Å². The van der Waals surface area contributed by atoms with Gasteiger partial charge in [0.25, 0.3) is 0 Å². The second-order valence-corrected chi connectivity index (χ2v) is 7.36. The van der Waals surface area contributed by atoms with Crippen molar-refractivity contribution in [2.24, 2.45) is 0 Å². The summed E-state index contributed by atoms with van der Waals surface area (Å²) in [5.74, 6) is 2.60. The molecule has 3 aromatic rings. The van der Waals surface area contributed by atoms with E-state index >= 15 is 0 Å². The zero-order valence-corrected chi connectivity index (χ0v) is 16.5. The Bertz CT molecular complexity index is 921. The van der Waals surface area contributed by atoms with Crippen LogP contribution in [0.5, 0.6) is 0 Å². The molecular weight excluding hydrogens is 418 g/mol. The molecule has 0 radical (unpaired) electrons. The maximum atomic E-state index is 5.99. The third kappa shape index (κ3) is 3.52. The molecule has 9 heteroatoms. The van der Waals surface area contributed by atoms with Gasteiger partial charge in [0.1, 0.15) is 18.0 Å². The van der Waals surface area contributed by atoms with Gasteiger partial charge in [0.2, 0.25) is 0 Å². The molecule has 134 valence electrons. The number of anilines is 2. The van der Waals surface area contributed by atoms with Crippen molar-refractivity contribution in [3.05, 3.63) is 52.1 Å². The van der Waals surface area contributed by atoms with E-state index in [9.17, 15) is 0 Å². The van der Waals surface area contributed by atoms with E-state index in [-0.39, 0.29) is 0 Å². The highest BCUT2D eigenvalue weighted by atomic mass is 79.9. The maximum Gasteiger partial charge on any atom is 0.158 e. The van der Waals surface area contributed by atoms with Gasteiger partial charge in [0.15, 0.2) is 5.82 Å². The highest BCUT2D eigenvalue weighted by Gasteiger charge is 2.21. The van der Waals surface area contributed by atoms with Gasteiger partial charge in [-0.25, -0.2) is 19.6 Å². The molecule has 1 aliphatic heterocycles. The largest absolute Gasteiger partial charge is 0.353 e. The lowest BCUT2D eigenvalue weighted by Gasteiger charge is -2.36. The van der Waals surface area contributed by atoms with Crippen LogP contribution in [0, 0.1) is 6.92 Å². The Morgan fingerprint density at radius 2 is 1.73 bits per heavy atom. The van der Waals surface area contributed by atoms with Crippen LogP contribution >= 0.6 is 27.5 Å². The summed E-state index contributed by atoms with van der Waals surface area (Å²) in [6.45, 7) is 5.37. The normalized spacial score (nSPS) is 14.7. The Labute approximate surface area is 164 Å². The number of hydrogen-bond acceptors (Lipinski definition) is 6. The van der Waals surface area contributed by atoms with E-state index in [1.807, 2.05) is 31.3 Å². The fourth-order valence-corrected chi connectivity index (χ4v) is 3.85. The Morgan fingerprint density at radius 1 is 1.00 bits per heavy atom. The van der Waals surface area contributed by atoms with Crippen molar-refractivity contribution in [1.29, 1.82) is 0 Å². The first-order valence-electron chi connectivity index (χ1n) is 8.26. The van der Waals surface area contributed by atoms with Crippen molar-refractivity contribution in [1.82, 2.24) is 24.7 Å². The molecule has 0 N–H and O–H groups in total. The topological polar surface area (TPSA) is 63.0 Å². The van der Waals surface area contributed by atoms with Crippen LogP contribution in [0.25, 0.3) is 5.82 Å². The lowest BCUT2D eigenvalue weighted by molar-refractivity contribution is 0.639. The summed E-state index contributed by atoms with van der Waals surface area (Å²) < 4.78 is 2.68. The Morgan fingerprint density at radius 3 is 2.42 bits per heavy atom. The van der Waals surface area contributed by atoms with Gasteiger partial charge in [0.05, 0.1) is 15.2 Å². The minimum absolute atomic E-state index is 0.627. The summed E-state index contributed by atoms with van der Waals surface area (Å²) in [7, 11) is 0. The number of nitrogens with zero attached hydrogens (tertiary/aromatic N) is 7. The van der Waals surface area contributed by atoms with Crippen molar-refractivity contribution < 1.29 is 0 Å². The molecule has 0 aliphatic carbocycles. The van der Waals surface area contributed by atoms with Crippen LogP contribution in [0.3, 0.4) is 0 Å². The minimum Gasteiger partial charge on any atom is -0.353 e. The van der Waals surface area contributed by atoms with Gasteiger partial charge in [-0.1, -0.05) is 11.6 Å². The van der Waals surface area contributed by atoms with E-state index in [1.54, 1.807) is 17.2 Å². The molecule has 0 saturated carbocycles. The maximum absolute atomic E-state index is 5.99. The molecule has 1 aliphatic rings. The molecule has 4 heterocycles. The molecule has 0 unspecified atom stereocenters. The van der Waals surface area contributed by atoms with Gasteiger partial charge in [0, 0.05) is 44.6 Å². The quantitative estimate of drug-likeness (QED) is 0.631. The number of pyridine rings is 1. The number of hydrogen-bond donors (Lipinski definition) is 0. The van der Waals surface area contributed by atoms with Crippen LogP contribution in [-0.4, -0.2) is 50.9 Å². The molecule has 4 rings (SSSR count). The van der Waals surface area contributed by atoms with Gasteiger partial charge in [-0.2, -0.15) is 5.10 Å². The molecule has 0 spiro atoms. The average Bonchev–Trinajstić information content (AvgIpc) is 3.09. The minimum atomic E-state index is 0.627. The van der Waals surface area contributed by atoms with Gasteiger partial charge in [-0.3, -0.25) is 0 Å². The lowest BCUT2D eigenvalue weighted by atomic mass is 10.3. The summed E-state index contributed by atoms with van der Waals surface area (Å²) in [5, 5.41) is 5.04. The van der Waals surface area contributed by atoms with Crippen molar-refractivity contribution in [3.8, 4) is 5.82 Å². The van der Waals surface area contributed by atoms with Gasteiger partial charge >= 0.3 is 0 Å². The van der Waals surface area contributed by atoms with E-state index in [2.05, 4.69) is 45.8 Å². The van der Waals surface area contributed by atoms with Gasteiger partial charge in [-0.15, -0.1) is 0 Å². The molecule has 0 aromatic carbocycles. The first-order chi connectivity index (χ1) is 12.6. The zero-order chi connectivity index (χ0) is 18.1. The SMILES string of the molecule is Cc1ccn(-c2cc(N3CCN(c4ncc(Cl)cc4Br)CC3)ncn2)n1. The van der Waals surface area contributed by atoms with Crippen molar-refractivity contribution >= 4 is 39.2 Å². The summed E-state index contributed by atoms with van der Waals surface area (Å²) in [6.07, 6.45) is 5.17. The Hall–Kier alpha value is -2.19. The molecule has 3 aromatic heterocycles. The average molecular weight is 435 g/mol. The number of halogens is 2. The van der Waals surface area contributed by atoms with Gasteiger partial charge < -0.3 is 9.80 Å². The zero-order valence-electron chi connectivity index (χ0n) is 14.2. The predicted octanol–water partition coefficient (Wildman–Crippen LogP) is 3.11. The Balaban J connectivity index is 1.48. The fourth-order valence-electron chi connectivity index (χ4n) is 2.97. The standard InChI is InChI=1S/C17H17BrClN7/c1-12-2-3-26(23-12)16-9-15(21-11-22-16)24-4-6-25(7-5-24)17-14(18)8-13(19)10-20-17/h2-3,8-11H,4-7H2,1H3. The third-order valence-corrected chi connectivity index (χ3v) is 5.08. The van der Waals surface area contributed by atoms with Crippen LogP contribution in [-0.2, 0) is 0 Å². The van der Waals surface area contributed by atoms with Crippen molar-refractivity contribution in [3.63, 3.8) is 0 Å². The van der Waals surface area contributed by atoms with Crippen LogP contribution < -0.4 is 9.80 Å². The van der Waals surface area contributed by atoms with E-state index < -0.39 is 0 Å². The molecule has 1 saturated heterocycles. The molecule has 0 bridgehead atoms. The molecule has 0 amide bonds. The molecule has 1 fully saturated rings. The summed E-state index contributed by atoms with van der Waals surface area (Å²) in [5.41, 5.74) is 0.958. The molecule has 0 atom stereocenters. The number of aromatic nitrogens is 5. The number of aryl methyl sites for hydroxylation is 1. The van der Waals surface area contributed by atoms with E-state index in [0.717, 1.165) is 53.8 Å². The number of rotatable bonds is 3. The summed E-state index contributed by atoms with van der Waals surface area (Å²) in [6, 6.07) is 5.80. The monoisotopic (exact) mass is 433 g/mol.